The number of hydrogen-bond donors (Lipinski definition) is 0. The van der Waals surface area contributed by atoms with Gasteiger partial charge in [-0.05, 0) is 47.6 Å². The van der Waals surface area contributed by atoms with E-state index in [2.05, 4.69) is 19.1 Å². The van der Waals surface area contributed by atoms with E-state index in [9.17, 15) is 13.2 Å². The normalized spacial score (nSPS) is 21.0. The molecule has 4 heteroatoms. The van der Waals surface area contributed by atoms with Gasteiger partial charge in [0.1, 0.15) is 0 Å². The highest BCUT2D eigenvalue weighted by Crippen LogP contribution is 2.36. The first-order chi connectivity index (χ1) is 11.6. The van der Waals surface area contributed by atoms with E-state index >= 15 is 0 Å². The molecule has 1 heterocycles. The van der Waals surface area contributed by atoms with Crippen molar-refractivity contribution in [2.75, 3.05) is 0 Å². The maximum absolute atomic E-state index is 13.4. The van der Waals surface area contributed by atoms with Crippen LogP contribution in [0, 0.1) is 17.5 Å². The second-order valence-corrected chi connectivity index (χ2v) is 10.3. The highest BCUT2D eigenvalue weighted by Gasteiger charge is 2.22. The van der Waals surface area contributed by atoms with Crippen LogP contribution < -0.4 is 0 Å². The van der Waals surface area contributed by atoms with Gasteiger partial charge in [-0.25, -0.2) is 13.2 Å². The SMILES string of the molecule is CCC[SiH]1CCC(c2ccc(-c3cc(F)c(F)c(F)c3)cc2)CC1. The molecule has 3 rings (SSSR count). The van der Waals surface area contributed by atoms with Crippen molar-refractivity contribution in [2.45, 2.75) is 50.2 Å². The van der Waals surface area contributed by atoms with Gasteiger partial charge in [-0.3, -0.25) is 0 Å². The standard InChI is InChI=1S/C20H23F3Si/c1-2-9-24-10-7-16(8-11-24)14-3-5-15(6-4-14)17-12-18(21)20(23)19(22)13-17/h3-6,12-13,16,24H,2,7-11H2,1H3. The van der Waals surface area contributed by atoms with Gasteiger partial charge in [0.05, 0.1) is 0 Å². The molecular formula is C20H23F3Si. The summed E-state index contributed by atoms with van der Waals surface area (Å²) in [5.41, 5.74) is 2.40. The summed E-state index contributed by atoms with van der Waals surface area (Å²) in [6.45, 7) is 2.28. The third kappa shape index (κ3) is 3.74. The lowest BCUT2D eigenvalue weighted by Gasteiger charge is -2.27. The molecule has 1 aliphatic rings. The maximum atomic E-state index is 13.4. The van der Waals surface area contributed by atoms with Crippen LogP contribution in [0.2, 0.25) is 18.1 Å². The van der Waals surface area contributed by atoms with E-state index in [1.807, 2.05) is 12.1 Å². The zero-order chi connectivity index (χ0) is 17.1. The number of rotatable bonds is 4. The molecule has 0 nitrogen and oxygen atoms in total. The Balaban J connectivity index is 1.72. The molecule has 2 aromatic carbocycles. The Labute approximate surface area is 143 Å². The largest absolute Gasteiger partial charge is 0.204 e. The second-order valence-electron chi connectivity index (χ2n) is 6.88. The average molecular weight is 348 g/mol. The van der Waals surface area contributed by atoms with E-state index in [-0.39, 0.29) is 0 Å². The Hall–Kier alpha value is -1.55. The Morgan fingerprint density at radius 2 is 1.50 bits per heavy atom. The maximum Gasteiger partial charge on any atom is 0.194 e. The van der Waals surface area contributed by atoms with Gasteiger partial charge in [-0.1, -0.05) is 55.7 Å². The van der Waals surface area contributed by atoms with Crippen molar-refractivity contribution in [1.82, 2.24) is 0 Å². The number of benzene rings is 2. The first kappa shape index (κ1) is 17.3. The predicted molar refractivity (Wildman–Crippen MR) is 95.6 cm³/mol. The predicted octanol–water partition coefficient (Wildman–Crippen LogP) is 6.29. The molecule has 0 spiro atoms. The van der Waals surface area contributed by atoms with E-state index < -0.39 is 26.2 Å². The zero-order valence-electron chi connectivity index (χ0n) is 14.0. The quantitative estimate of drug-likeness (QED) is 0.450. The third-order valence-electron chi connectivity index (χ3n) is 5.24. The Kier molecular flexibility index (Phi) is 5.44. The van der Waals surface area contributed by atoms with Crippen LogP contribution >= 0.6 is 0 Å². The van der Waals surface area contributed by atoms with Gasteiger partial charge in [0.15, 0.2) is 17.5 Å². The Morgan fingerprint density at radius 3 is 2.04 bits per heavy atom. The second kappa shape index (κ2) is 7.56. The van der Waals surface area contributed by atoms with Crippen LogP contribution in [0.15, 0.2) is 36.4 Å². The summed E-state index contributed by atoms with van der Waals surface area (Å²) in [5.74, 6) is -3.09. The van der Waals surface area contributed by atoms with Gasteiger partial charge < -0.3 is 0 Å². The van der Waals surface area contributed by atoms with Crippen molar-refractivity contribution < 1.29 is 13.2 Å². The fraction of sp³-hybridized carbons (Fsp3) is 0.400. The van der Waals surface area contributed by atoms with E-state index in [4.69, 9.17) is 0 Å². The smallest absolute Gasteiger partial charge is 0.194 e. The molecule has 0 bridgehead atoms. The molecule has 0 amide bonds. The van der Waals surface area contributed by atoms with Crippen molar-refractivity contribution in [2.24, 2.45) is 0 Å². The number of halogens is 3. The van der Waals surface area contributed by atoms with Crippen molar-refractivity contribution in [3.8, 4) is 11.1 Å². The Morgan fingerprint density at radius 1 is 0.917 bits per heavy atom. The van der Waals surface area contributed by atoms with E-state index in [0.29, 0.717) is 17.0 Å². The highest BCUT2D eigenvalue weighted by atomic mass is 28.3. The molecule has 1 aliphatic heterocycles. The van der Waals surface area contributed by atoms with Gasteiger partial charge in [-0.15, -0.1) is 0 Å². The summed E-state index contributed by atoms with van der Waals surface area (Å²) in [6, 6.07) is 14.3. The first-order valence-corrected chi connectivity index (χ1v) is 11.3. The minimum Gasteiger partial charge on any atom is -0.204 e. The minimum atomic E-state index is -1.41. The van der Waals surface area contributed by atoms with Gasteiger partial charge in [0.2, 0.25) is 0 Å². The molecule has 2 aromatic rings. The molecule has 128 valence electrons. The summed E-state index contributed by atoms with van der Waals surface area (Å²) in [6.07, 6.45) is 3.87. The molecule has 1 saturated heterocycles. The van der Waals surface area contributed by atoms with Gasteiger partial charge in [0.25, 0.3) is 0 Å². The van der Waals surface area contributed by atoms with Crippen molar-refractivity contribution in [3.63, 3.8) is 0 Å². The molecule has 1 fully saturated rings. The molecule has 0 N–H and O–H groups in total. The van der Waals surface area contributed by atoms with Crippen LogP contribution in [0.3, 0.4) is 0 Å². The lowest BCUT2D eigenvalue weighted by molar-refractivity contribution is 0.448. The molecule has 0 aliphatic carbocycles. The monoisotopic (exact) mass is 348 g/mol. The van der Waals surface area contributed by atoms with Gasteiger partial charge in [-0.2, -0.15) is 0 Å². The highest BCUT2D eigenvalue weighted by molar-refractivity contribution is 6.59. The molecule has 0 atom stereocenters. The lowest BCUT2D eigenvalue weighted by Crippen LogP contribution is -2.19. The molecule has 24 heavy (non-hydrogen) atoms. The van der Waals surface area contributed by atoms with Crippen LogP contribution in [-0.2, 0) is 0 Å². The lowest BCUT2D eigenvalue weighted by atomic mass is 9.92. The van der Waals surface area contributed by atoms with Crippen LogP contribution in [0.25, 0.3) is 11.1 Å². The fourth-order valence-corrected chi connectivity index (χ4v) is 7.29. The molecule has 0 unspecified atom stereocenters. The topological polar surface area (TPSA) is 0 Å². The fourth-order valence-electron chi connectivity index (χ4n) is 3.86. The van der Waals surface area contributed by atoms with Crippen LogP contribution in [0.4, 0.5) is 13.2 Å². The average Bonchev–Trinajstić information content (AvgIpc) is 2.60. The van der Waals surface area contributed by atoms with E-state index in [1.54, 1.807) is 0 Å². The molecule has 0 radical (unpaired) electrons. The third-order valence-corrected chi connectivity index (χ3v) is 8.94. The summed E-state index contributed by atoms with van der Waals surface area (Å²) in [4.78, 5) is 0. The number of hydrogen-bond acceptors (Lipinski definition) is 0. The van der Waals surface area contributed by atoms with Crippen molar-refractivity contribution in [1.29, 1.82) is 0 Å². The van der Waals surface area contributed by atoms with Crippen LogP contribution in [-0.4, -0.2) is 8.80 Å². The van der Waals surface area contributed by atoms with E-state index in [1.165, 1.54) is 43.0 Å². The van der Waals surface area contributed by atoms with Crippen molar-refractivity contribution >= 4 is 8.80 Å². The molecule has 0 aromatic heterocycles. The van der Waals surface area contributed by atoms with Crippen LogP contribution in [0.5, 0.6) is 0 Å². The zero-order valence-corrected chi connectivity index (χ0v) is 15.2. The Bertz CT molecular complexity index is 666. The van der Waals surface area contributed by atoms with Gasteiger partial charge in [0, 0.05) is 8.80 Å². The summed E-state index contributed by atoms with van der Waals surface area (Å²) in [7, 11) is -0.482. The first-order valence-electron chi connectivity index (χ1n) is 8.83. The minimum absolute atomic E-state index is 0.372. The van der Waals surface area contributed by atoms with E-state index in [0.717, 1.165) is 12.1 Å². The molecule has 0 saturated carbocycles. The summed E-state index contributed by atoms with van der Waals surface area (Å²) in [5, 5.41) is 0. The summed E-state index contributed by atoms with van der Waals surface area (Å²) >= 11 is 0. The molecular weight excluding hydrogens is 325 g/mol. The van der Waals surface area contributed by atoms with Crippen LogP contribution in [0.1, 0.15) is 37.7 Å². The summed E-state index contributed by atoms with van der Waals surface area (Å²) < 4.78 is 39.8. The van der Waals surface area contributed by atoms with Crippen molar-refractivity contribution in [3.05, 3.63) is 59.4 Å². The van der Waals surface area contributed by atoms with Gasteiger partial charge >= 0.3 is 0 Å².